The normalized spacial score (nSPS) is 10.4. The second-order valence-corrected chi connectivity index (χ2v) is 4.49. The number of amides is 1. The van der Waals surface area contributed by atoms with Crippen LogP contribution < -0.4 is 10.6 Å². The molecule has 0 spiro atoms. The van der Waals surface area contributed by atoms with Crippen molar-refractivity contribution in [2.45, 2.75) is 20.0 Å². The van der Waals surface area contributed by atoms with Crippen LogP contribution in [0.25, 0.3) is 0 Å². The van der Waals surface area contributed by atoms with E-state index in [9.17, 15) is 4.79 Å². The Kier molecular flexibility index (Phi) is 5.28. The Hall–Kier alpha value is -2.41. The van der Waals surface area contributed by atoms with E-state index in [0.717, 1.165) is 11.4 Å². The fraction of sp³-hybridized carbons (Fsp3) is 0.357. The number of hydrogen-bond donors (Lipinski definition) is 3. The van der Waals surface area contributed by atoms with Crippen LogP contribution in [0.15, 0.2) is 30.5 Å². The fourth-order valence-corrected chi connectivity index (χ4v) is 1.86. The molecule has 7 heteroatoms. The quantitative estimate of drug-likeness (QED) is 0.695. The van der Waals surface area contributed by atoms with Crippen LogP contribution in [-0.4, -0.2) is 39.2 Å². The summed E-state index contributed by atoms with van der Waals surface area (Å²) in [5, 5.41) is 22.7. The second-order valence-electron chi connectivity index (χ2n) is 4.49. The summed E-state index contributed by atoms with van der Waals surface area (Å²) in [6, 6.07) is 7.28. The van der Waals surface area contributed by atoms with Gasteiger partial charge in [-0.15, -0.1) is 5.10 Å². The van der Waals surface area contributed by atoms with Crippen molar-refractivity contribution in [3.8, 4) is 0 Å². The summed E-state index contributed by atoms with van der Waals surface area (Å²) in [4.78, 5) is 11.8. The Labute approximate surface area is 123 Å². The lowest BCUT2D eigenvalue weighted by Crippen LogP contribution is -2.22. The van der Waals surface area contributed by atoms with Crippen LogP contribution in [-0.2, 0) is 13.1 Å². The number of aromatic nitrogens is 3. The Morgan fingerprint density at radius 2 is 2.29 bits per heavy atom. The molecule has 0 saturated heterocycles. The maximum atomic E-state index is 11.8. The summed E-state index contributed by atoms with van der Waals surface area (Å²) < 4.78 is 1.59. The highest BCUT2D eigenvalue weighted by molar-refractivity contribution is 5.95. The van der Waals surface area contributed by atoms with Crippen molar-refractivity contribution in [1.29, 1.82) is 0 Å². The minimum atomic E-state index is -0.0879. The molecule has 0 unspecified atom stereocenters. The smallest absolute Gasteiger partial charge is 0.251 e. The SMILES string of the molecule is CCNC(=O)c1cccc(NCc2cn(CCO)nn2)c1. The van der Waals surface area contributed by atoms with Crippen molar-refractivity contribution in [1.82, 2.24) is 20.3 Å². The van der Waals surface area contributed by atoms with Crippen LogP contribution in [0.3, 0.4) is 0 Å². The van der Waals surface area contributed by atoms with Crippen LogP contribution in [0.4, 0.5) is 5.69 Å². The summed E-state index contributed by atoms with van der Waals surface area (Å²) in [5.74, 6) is -0.0879. The van der Waals surface area contributed by atoms with E-state index in [1.165, 1.54) is 0 Å². The highest BCUT2D eigenvalue weighted by atomic mass is 16.3. The van der Waals surface area contributed by atoms with E-state index >= 15 is 0 Å². The zero-order valence-electron chi connectivity index (χ0n) is 11.9. The monoisotopic (exact) mass is 289 g/mol. The minimum Gasteiger partial charge on any atom is -0.394 e. The summed E-state index contributed by atoms with van der Waals surface area (Å²) in [6.07, 6.45) is 1.77. The molecule has 1 aromatic carbocycles. The van der Waals surface area contributed by atoms with Gasteiger partial charge in [-0.3, -0.25) is 4.79 Å². The second kappa shape index (κ2) is 7.39. The molecule has 7 nitrogen and oxygen atoms in total. The molecule has 112 valence electrons. The molecule has 0 atom stereocenters. The van der Waals surface area contributed by atoms with Crippen LogP contribution in [0.2, 0.25) is 0 Å². The van der Waals surface area contributed by atoms with Crippen LogP contribution in [0.1, 0.15) is 23.0 Å². The molecular weight excluding hydrogens is 270 g/mol. The predicted octanol–water partition coefficient (Wildman–Crippen LogP) is 0.632. The first-order valence-corrected chi connectivity index (χ1v) is 6.85. The number of aliphatic hydroxyl groups excluding tert-OH is 1. The Morgan fingerprint density at radius 3 is 3.05 bits per heavy atom. The van der Waals surface area contributed by atoms with Gasteiger partial charge in [0.25, 0.3) is 5.91 Å². The van der Waals surface area contributed by atoms with E-state index in [4.69, 9.17) is 5.11 Å². The largest absolute Gasteiger partial charge is 0.394 e. The van der Waals surface area contributed by atoms with Gasteiger partial charge in [0.1, 0.15) is 5.69 Å². The number of benzene rings is 1. The number of carbonyl (C=O) groups is 1. The molecule has 0 fully saturated rings. The Morgan fingerprint density at radius 1 is 1.43 bits per heavy atom. The van der Waals surface area contributed by atoms with Gasteiger partial charge in [0, 0.05) is 17.8 Å². The molecule has 1 heterocycles. The summed E-state index contributed by atoms with van der Waals surface area (Å²) >= 11 is 0. The average Bonchev–Trinajstić information content (AvgIpc) is 2.94. The third kappa shape index (κ3) is 4.28. The molecule has 1 amide bonds. The van der Waals surface area contributed by atoms with Crippen LogP contribution in [0.5, 0.6) is 0 Å². The third-order valence-corrected chi connectivity index (χ3v) is 2.85. The van der Waals surface area contributed by atoms with Gasteiger partial charge in [-0.05, 0) is 25.1 Å². The molecule has 3 N–H and O–H groups in total. The number of nitrogens with one attached hydrogen (secondary N) is 2. The number of carbonyl (C=O) groups excluding carboxylic acids is 1. The minimum absolute atomic E-state index is 0.0326. The number of aliphatic hydroxyl groups is 1. The first kappa shape index (κ1) is 15.0. The Bertz CT molecular complexity index is 597. The van der Waals surface area contributed by atoms with Gasteiger partial charge in [-0.25, -0.2) is 4.68 Å². The van der Waals surface area contributed by atoms with E-state index in [1.807, 2.05) is 19.1 Å². The van der Waals surface area contributed by atoms with Crippen molar-refractivity contribution in [3.05, 3.63) is 41.7 Å². The zero-order chi connectivity index (χ0) is 15.1. The van der Waals surface area contributed by atoms with Gasteiger partial charge in [-0.1, -0.05) is 11.3 Å². The van der Waals surface area contributed by atoms with Gasteiger partial charge < -0.3 is 15.7 Å². The van der Waals surface area contributed by atoms with Crippen molar-refractivity contribution >= 4 is 11.6 Å². The van der Waals surface area contributed by atoms with Gasteiger partial charge in [0.05, 0.1) is 25.9 Å². The lowest BCUT2D eigenvalue weighted by atomic mass is 10.2. The van der Waals surface area contributed by atoms with E-state index in [0.29, 0.717) is 25.2 Å². The van der Waals surface area contributed by atoms with E-state index in [2.05, 4.69) is 20.9 Å². The van der Waals surface area contributed by atoms with Crippen molar-refractivity contribution in [2.75, 3.05) is 18.5 Å². The molecule has 2 rings (SSSR count). The molecule has 0 saturated carbocycles. The first-order valence-electron chi connectivity index (χ1n) is 6.85. The predicted molar refractivity (Wildman–Crippen MR) is 78.9 cm³/mol. The number of rotatable bonds is 7. The average molecular weight is 289 g/mol. The van der Waals surface area contributed by atoms with Gasteiger partial charge >= 0.3 is 0 Å². The highest BCUT2D eigenvalue weighted by Crippen LogP contribution is 2.11. The molecule has 0 aliphatic rings. The molecular formula is C14H19N5O2. The summed E-state index contributed by atoms with van der Waals surface area (Å²) in [6.45, 7) is 3.45. The van der Waals surface area contributed by atoms with Crippen LogP contribution in [0, 0.1) is 0 Å². The van der Waals surface area contributed by atoms with Gasteiger partial charge in [0.15, 0.2) is 0 Å². The number of nitrogens with zero attached hydrogens (tertiary/aromatic N) is 3. The van der Waals surface area contributed by atoms with E-state index in [1.54, 1.807) is 23.0 Å². The summed E-state index contributed by atoms with van der Waals surface area (Å²) in [5.41, 5.74) is 2.23. The van der Waals surface area contributed by atoms with Gasteiger partial charge in [0.2, 0.25) is 0 Å². The van der Waals surface area contributed by atoms with E-state index < -0.39 is 0 Å². The van der Waals surface area contributed by atoms with E-state index in [-0.39, 0.29) is 12.5 Å². The highest BCUT2D eigenvalue weighted by Gasteiger charge is 2.05. The first-order chi connectivity index (χ1) is 10.2. The molecule has 2 aromatic rings. The summed E-state index contributed by atoms with van der Waals surface area (Å²) in [7, 11) is 0. The van der Waals surface area contributed by atoms with Crippen molar-refractivity contribution in [2.24, 2.45) is 0 Å². The molecule has 0 bridgehead atoms. The lowest BCUT2D eigenvalue weighted by molar-refractivity contribution is 0.0956. The molecule has 0 aliphatic heterocycles. The van der Waals surface area contributed by atoms with Gasteiger partial charge in [-0.2, -0.15) is 0 Å². The van der Waals surface area contributed by atoms with Crippen LogP contribution >= 0.6 is 0 Å². The molecule has 0 aliphatic carbocycles. The molecule has 21 heavy (non-hydrogen) atoms. The Balaban J connectivity index is 1.96. The van der Waals surface area contributed by atoms with Crippen molar-refractivity contribution in [3.63, 3.8) is 0 Å². The maximum absolute atomic E-state index is 11.8. The molecule has 0 radical (unpaired) electrons. The standard InChI is InChI=1S/C14H19N5O2/c1-2-15-14(21)11-4-3-5-12(8-11)16-9-13-10-19(6-7-20)18-17-13/h3-5,8,10,16,20H,2,6-7,9H2,1H3,(H,15,21). The zero-order valence-corrected chi connectivity index (χ0v) is 11.9. The topological polar surface area (TPSA) is 92.1 Å². The van der Waals surface area contributed by atoms with Crippen molar-refractivity contribution < 1.29 is 9.90 Å². The third-order valence-electron chi connectivity index (χ3n) is 2.85. The number of hydrogen-bond acceptors (Lipinski definition) is 5. The lowest BCUT2D eigenvalue weighted by Gasteiger charge is -2.07. The number of anilines is 1. The maximum Gasteiger partial charge on any atom is 0.251 e. The fourth-order valence-electron chi connectivity index (χ4n) is 1.86. The molecule has 1 aromatic heterocycles.